The van der Waals surface area contributed by atoms with Gasteiger partial charge in [-0.1, -0.05) is 13.8 Å². The highest BCUT2D eigenvalue weighted by Gasteiger charge is 2.17. The van der Waals surface area contributed by atoms with Crippen LogP contribution in [0.5, 0.6) is 0 Å². The van der Waals surface area contributed by atoms with Crippen molar-refractivity contribution in [1.29, 1.82) is 0 Å². The van der Waals surface area contributed by atoms with Crippen LogP contribution in [0.3, 0.4) is 0 Å². The summed E-state index contributed by atoms with van der Waals surface area (Å²) >= 11 is 0. The topological polar surface area (TPSA) is 26.3 Å². The summed E-state index contributed by atoms with van der Waals surface area (Å²) in [6.07, 6.45) is 2.17. The maximum absolute atomic E-state index is 11.7. The smallest absolute Gasteiger partial charge is 0.111 e. The van der Waals surface area contributed by atoms with Crippen LogP contribution >= 0.6 is 7.14 Å². The SMILES string of the molecule is CCP(=O)(CC)COC(C)C. The zero-order valence-electron chi connectivity index (χ0n) is 7.96. The molecule has 0 aromatic carbocycles. The summed E-state index contributed by atoms with van der Waals surface area (Å²) in [4.78, 5) is 0. The second kappa shape index (κ2) is 4.95. The van der Waals surface area contributed by atoms with Gasteiger partial charge in [0.25, 0.3) is 0 Å². The van der Waals surface area contributed by atoms with Gasteiger partial charge in [0.1, 0.15) is 7.14 Å². The van der Waals surface area contributed by atoms with Gasteiger partial charge in [0.2, 0.25) is 0 Å². The molecule has 0 fully saturated rings. The number of ether oxygens (including phenoxy) is 1. The summed E-state index contributed by atoms with van der Waals surface area (Å²) in [7, 11) is -1.96. The lowest BCUT2D eigenvalue weighted by Gasteiger charge is -2.15. The summed E-state index contributed by atoms with van der Waals surface area (Å²) in [6.45, 7) is 7.87. The van der Waals surface area contributed by atoms with Gasteiger partial charge in [0, 0.05) is 12.3 Å². The van der Waals surface area contributed by atoms with E-state index in [1.165, 1.54) is 0 Å². The van der Waals surface area contributed by atoms with Crippen LogP contribution in [-0.2, 0) is 9.30 Å². The summed E-state index contributed by atoms with van der Waals surface area (Å²) in [6, 6.07) is 0. The monoisotopic (exact) mass is 178 g/mol. The van der Waals surface area contributed by atoms with Crippen molar-refractivity contribution >= 4 is 7.14 Å². The van der Waals surface area contributed by atoms with Crippen LogP contribution in [0.15, 0.2) is 0 Å². The van der Waals surface area contributed by atoms with Crippen LogP contribution in [-0.4, -0.2) is 24.8 Å². The summed E-state index contributed by atoms with van der Waals surface area (Å²) < 4.78 is 17.1. The Hall–Kier alpha value is 0.190. The lowest BCUT2D eigenvalue weighted by molar-refractivity contribution is 0.114. The van der Waals surface area contributed by atoms with Crippen molar-refractivity contribution < 1.29 is 9.30 Å². The molecule has 0 amide bonds. The fourth-order valence-electron chi connectivity index (χ4n) is 0.691. The first-order chi connectivity index (χ1) is 5.04. The Labute approximate surface area is 69.7 Å². The summed E-state index contributed by atoms with van der Waals surface area (Å²) in [5, 5.41) is 0. The van der Waals surface area contributed by atoms with Crippen molar-refractivity contribution in [2.24, 2.45) is 0 Å². The Morgan fingerprint density at radius 2 is 1.73 bits per heavy atom. The lowest BCUT2D eigenvalue weighted by Crippen LogP contribution is -2.06. The van der Waals surface area contributed by atoms with E-state index in [1.807, 2.05) is 27.7 Å². The number of hydrogen-bond donors (Lipinski definition) is 0. The van der Waals surface area contributed by atoms with Gasteiger partial charge in [-0.25, -0.2) is 0 Å². The van der Waals surface area contributed by atoms with E-state index in [-0.39, 0.29) is 6.10 Å². The molecule has 11 heavy (non-hydrogen) atoms. The zero-order chi connectivity index (χ0) is 8.91. The average molecular weight is 178 g/mol. The molecule has 0 aliphatic heterocycles. The van der Waals surface area contributed by atoms with E-state index < -0.39 is 7.14 Å². The Kier molecular flexibility index (Phi) is 5.03. The molecule has 0 radical (unpaired) electrons. The van der Waals surface area contributed by atoms with E-state index in [2.05, 4.69) is 0 Å². The van der Waals surface area contributed by atoms with Crippen LogP contribution < -0.4 is 0 Å². The molecule has 0 spiro atoms. The molecule has 0 aliphatic rings. The first kappa shape index (κ1) is 11.2. The third-order valence-corrected chi connectivity index (χ3v) is 4.72. The van der Waals surface area contributed by atoms with Crippen molar-refractivity contribution in [3.8, 4) is 0 Å². The van der Waals surface area contributed by atoms with E-state index in [1.54, 1.807) is 0 Å². The minimum Gasteiger partial charge on any atom is -0.371 e. The standard InChI is InChI=1S/C8H19O2P/c1-5-11(9,6-2)7-10-8(3)4/h8H,5-7H2,1-4H3. The van der Waals surface area contributed by atoms with E-state index in [0.29, 0.717) is 6.35 Å². The van der Waals surface area contributed by atoms with Crippen molar-refractivity contribution in [3.63, 3.8) is 0 Å². The second-order valence-corrected chi connectivity index (χ2v) is 6.67. The first-order valence-corrected chi connectivity index (χ1v) is 6.49. The Balaban J connectivity index is 3.79. The molecule has 3 heteroatoms. The van der Waals surface area contributed by atoms with Crippen LogP contribution in [0.1, 0.15) is 27.7 Å². The van der Waals surface area contributed by atoms with E-state index in [9.17, 15) is 4.57 Å². The predicted molar refractivity (Wildman–Crippen MR) is 49.8 cm³/mol. The molecule has 0 bridgehead atoms. The van der Waals surface area contributed by atoms with Crippen molar-refractivity contribution in [2.45, 2.75) is 33.8 Å². The summed E-state index contributed by atoms with van der Waals surface area (Å²) in [5.41, 5.74) is 0. The highest BCUT2D eigenvalue weighted by Crippen LogP contribution is 2.44. The molecular formula is C8H19O2P. The van der Waals surface area contributed by atoms with Crippen molar-refractivity contribution in [1.82, 2.24) is 0 Å². The zero-order valence-corrected chi connectivity index (χ0v) is 8.86. The van der Waals surface area contributed by atoms with Crippen molar-refractivity contribution in [2.75, 3.05) is 18.7 Å². The van der Waals surface area contributed by atoms with E-state index in [0.717, 1.165) is 12.3 Å². The number of rotatable bonds is 5. The minimum absolute atomic E-state index is 0.196. The van der Waals surface area contributed by atoms with Gasteiger partial charge in [0.05, 0.1) is 12.5 Å². The maximum atomic E-state index is 11.7. The largest absolute Gasteiger partial charge is 0.371 e. The maximum Gasteiger partial charge on any atom is 0.111 e. The van der Waals surface area contributed by atoms with E-state index in [4.69, 9.17) is 4.74 Å². The highest BCUT2D eigenvalue weighted by atomic mass is 31.2. The van der Waals surface area contributed by atoms with Gasteiger partial charge in [-0.15, -0.1) is 0 Å². The van der Waals surface area contributed by atoms with Crippen LogP contribution in [0.2, 0.25) is 0 Å². The molecular weight excluding hydrogens is 159 g/mol. The minimum atomic E-state index is -1.96. The molecule has 0 saturated heterocycles. The van der Waals surface area contributed by atoms with Crippen LogP contribution in [0.4, 0.5) is 0 Å². The van der Waals surface area contributed by atoms with E-state index >= 15 is 0 Å². The number of hydrogen-bond acceptors (Lipinski definition) is 2. The molecule has 0 saturated carbocycles. The van der Waals surface area contributed by atoms with Gasteiger partial charge in [0.15, 0.2) is 0 Å². The molecule has 2 nitrogen and oxygen atoms in total. The molecule has 0 aliphatic carbocycles. The van der Waals surface area contributed by atoms with Gasteiger partial charge >= 0.3 is 0 Å². The third kappa shape index (κ3) is 4.60. The third-order valence-electron chi connectivity index (χ3n) is 1.80. The van der Waals surface area contributed by atoms with Gasteiger partial charge in [-0.05, 0) is 13.8 Å². The Bertz CT molecular complexity index is 135. The quantitative estimate of drug-likeness (QED) is 0.605. The Morgan fingerprint density at radius 1 is 1.27 bits per heavy atom. The molecule has 0 aromatic rings. The molecule has 0 atom stereocenters. The second-order valence-electron chi connectivity index (χ2n) is 3.04. The molecule has 68 valence electrons. The van der Waals surface area contributed by atoms with Crippen molar-refractivity contribution in [3.05, 3.63) is 0 Å². The summed E-state index contributed by atoms with van der Waals surface area (Å²) in [5.74, 6) is 0. The lowest BCUT2D eigenvalue weighted by atomic mass is 10.5. The van der Waals surface area contributed by atoms with Gasteiger partial charge in [-0.3, -0.25) is 0 Å². The average Bonchev–Trinajstić information content (AvgIpc) is 2.00. The predicted octanol–water partition coefficient (Wildman–Crippen LogP) is 2.77. The van der Waals surface area contributed by atoms with Gasteiger partial charge < -0.3 is 9.30 Å². The molecule has 0 heterocycles. The fraction of sp³-hybridized carbons (Fsp3) is 1.00. The molecule has 0 N–H and O–H groups in total. The normalized spacial score (nSPS) is 12.5. The van der Waals surface area contributed by atoms with Crippen LogP contribution in [0, 0.1) is 0 Å². The van der Waals surface area contributed by atoms with Crippen LogP contribution in [0.25, 0.3) is 0 Å². The fourth-order valence-corrected chi connectivity index (χ4v) is 2.07. The molecule has 0 rings (SSSR count). The first-order valence-electron chi connectivity index (χ1n) is 4.22. The molecule has 0 aromatic heterocycles. The van der Waals surface area contributed by atoms with Gasteiger partial charge in [-0.2, -0.15) is 0 Å². The molecule has 0 unspecified atom stereocenters. The Morgan fingerprint density at radius 3 is 2.00 bits per heavy atom. The highest BCUT2D eigenvalue weighted by molar-refractivity contribution is 7.63.